The summed E-state index contributed by atoms with van der Waals surface area (Å²) in [6, 6.07) is 13.6. The van der Waals surface area contributed by atoms with Crippen LogP contribution in [0.3, 0.4) is 0 Å². The average Bonchev–Trinajstić information content (AvgIpc) is 2.38. The molecule has 2 aromatic rings. The maximum Gasteiger partial charge on any atom is 0.307 e. The molecule has 2 aromatic carbocycles. The van der Waals surface area contributed by atoms with Crippen LogP contribution in [0.4, 0.5) is 0 Å². The molecule has 5 heteroatoms. The standard InChI is InChI=1S/C15H10ClNO3/c16-13-5-2-6-14(12(13)9-17)20-11-4-1-3-10(7-11)8-15(18)19/h1-7H,8H2,(H,18,19). The Kier molecular flexibility index (Phi) is 4.24. The van der Waals surface area contributed by atoms with Gasteiger partial charge in [-0.1, -0.05) is 29.8 Å². The van der Waals surface area contributed by atoms with E-state index < -0.39 is 5.97 Å². The summed E-state index contributed by atoms with van der Waals surface area (Å²) in [5.74, 6) is -0.113. The summed E-state index contributed by atoms with van der Waals surface area (Å²) >= 11 is 5.92. The Hall–Kier alpha value is -2.51. The maximum atomic E-state index is 10.7. The summed E-state index contributed by atoms with van der Waals surface area (Å²) in [5.41, 5.74) is 0.869. The number of rotatable bonds is 4. The Balaban J connectivity index is 2.29. The van der Waals surface area contributed by atoms with E-state index in [0.717, 1.165) is 0 Å². The van der Waals surface area contributed by atoms with Gasteiger partial charge in [0.2, 0.25) is 0 Å². The number of ether oxygens (including phenoxy) is 1. The van der Waals surface area contributed by atoms with Gasteiger partial charge in [-0.3, -0.25) is 4.79 Å². The third kappa shape index (κ3) is 3.28. The Labute approximate surface area is 120 Å². The SMILES string of the molecule is N#Cc1c(Cl)cccc1Oc1cccc(CC(=O)O)c1. The minimum absolute atomic E-state index is 0.0855. The molecule has 2 rings (SSSR count). The third-order valence-corrected chi connectivity index (χ3v) is 2.88. The molecule has 4 nitrogen and oxygen atoms in total. The molecule has 20 heavy (non-hydrogen) atoms. The summed E-state index contributed by atoms with van der Waals surface area (Å²) in [6.45, 7) is 0. The van der Waals surface area contributed by atoms with Crippen LogP contribution in [-0.4, -0.2) is 11.1 Å². The van der Waals surface area contributed by atoms with E-state index in [1.807, 2.05) is 6.07 Å². The first-order valence-electron chi connectivity index (χ1n) is 5.77. The van der Waals surface area contributed by atoms with E-state index in [2.05, 4.69) is 0 Å². The molecule has 0 atom stereocenters. The van der Waals surface area contributed by atoms with Crippen molar-refractivity contribution in [1.82, 2.24) is 0 Å². The highest BCUT2D eigenvalue weighted by Crippen LogP contribution is 2.30. The molecule has 0 fully saturated rings. The molecule has 0 bridgehead atoms. The molecule has 0 saturated heterocycles. The van der Waals surface area contributed by atoms with Crippen molar-refractivity contribution in [3.8, 4) is 17.6 Å². The van der Waals surface area contributed by atoms with E-state index in [0.29, 0.717) is 22.1 Å². The zero-order chi connectivity index (χ0) is 14.5. The Morgan fingerprint density at radius 3 is 2.75 bits per heavy atom. The number of nitrogens with zero attached hydrogens (tertiary/aromatic N) is 1. The topological polar surface area (TPSA) is 70.3 Å². The van der Waals surface area contributed by atoms with Crippen molar-refractivity contribution in [2.45, 2.75) is 6.42 Å². The van der Waals surface area contributed by atoms with Gasteiger partial charge in [-0.25, -0.2) is 0 Å². The van der Waals surface area contributed by atoms with Gasteiger partial charge in [-0.2, -0.15) is 5.26 Å². The Morgan fingerprint density at radius 1 is 1.30 bits per heavy atom. The minimum atomic E-state index is -0.914. The third-order valence-electron chi connectivity index (χ3n) is 2.57. The van der Waals surface area contributed by atoms with Crippen LogP contribution in [-0.2, 0) is 11.2 Å². The highest BCUT2D eigenvalue weighted by atomic mass is 35.5. The van der Waals surface area contributed by atoms with Gasteiger partial charge in [-0.05, 0) is 29.8 Å². The molecule has 0 saturated carbocycles. The second-order valence-electron chi connectivity index (χ2n) is 4.04. The van der Waals surface area contributed by atoms with Crippen molar-refractivity contribution in [2.75, 3.05) is 0 Å². The van der Waals surface area contributed by atoms with Gasteiger partial charge in [0.15, 0.2) is 0 Å². The second-order valence-corrected chi connectivity index (χ2v) is 4.45. The number of hydrogen-bond donors (Lipinski definition) is 1. The van der Waals surface area contributed by atoms with E-state index in [9.17, 15) is 4.79 Å². The quantitative estimate of drug-likeness (QED) is 0.932. The predicted molar refractivity (Wildman–Crippen MR) is 74.0 cm³/mol. The molecule has 0 aliphatic rings. The lowest BCUT2D eigenvalue weighted by molar-refractivity contribution is -0.136. The highest BCUT2D eigenvalue weighted by Gasteiger charge is 2.09. The summed E-state index contributed by atoms with van der Waals surface area (Å²) < 4.78 is 5.60. The summed E-state index contributed by atoms with van der Waals surface area (Å²) in [4.78, 5) is 10.7. The zero-order valence-corrected chi connectivity index (χ0v) is 11.1. The molecule has 100 valence electrons. The monoisotopic (exact) mass is 287 g/mol. The van der Waals surface area contributed by atoms with Gasteiger partial charge >= 0.3 is 5.97 Å². The first-order chi connectivity index (χ1) is 9.60. The lowest BCUT2D eigenvalue weighted by Gasteiger charge is -2.09. The first kappa shape index (κ1) is 13.9. The number of aliphatic carboxylic acids is 1. The fraction of sp³-hybridized carbons (Fsp3) is 0.0667. The average molecular weight is 288 g/mol. The van der Waals surface area contributed by atoms with Crippen molar-refractivity contribution in [2.24, 2.45) is 0 Å². The highest BCUT2D eigenvalue weighted by molar-refractivity contribution is 6.31. The normalized spacial score (nSPS) is 9.80. The van der Waals surface area contributed by atoms with Crippen LogP contribution in [0.25, 0.3) is 0 Å². The van der Waals surface area contributed by atoms with E-state index in [1.165, 1.54) is 0 Å². The molecular formula is C15H10ClNO3. The number of carboxylic acids is 1. The lowest BCUT2D eigenvalue weighted by Crippen LogP contribution is -2.00. The van der Waals surface area contributed by atoms with Gasteiger partial charge in [0, 0.05) is 0 Å². The summed E-state index contributed by atoms with van der Waals surface area (Å²) in [7, 11) is 0. The molecule has 0 amide bonds. The van der Waals surface area contributed by atoms with Gasteiger partial charge < -0.3 is 9.84 Å². The van der Waals surface area contributed by atoms with Crippen molar-refractivity contribution >= 4 is 17.6 Å². The van der Waals surface area contributed by atoms with E-state index in [-0.39, 0.29) is 12.0 Å². The number of carboxylic acid groups (broad SMARTS) is 1. The van der Waals surface area contributed by atoms with Gasteiger partial charge in [0.05, 0.1) is 11.4 Å². The number of hydrogen-bond acceptors (Lipinski definition) is 3. The first-order valence-corrected chi connectivity index (χ1v) is 6.15. The molecule has 0 radical (unpaired) electrons. The number of nitriles is 1. The maximum absolute atomic E-state index is 10.7. The van der Waals surface area contributed by atoms with Crippen LogP contribution in [0.15, 0.2) is 42.5 Å². The second kappa shape index (κ2) is 6.09. The molecule has 0 spiro atoms. The molecule has 0 unspecified atom stereocenters. The van der Waals surface area contributed by atoms with Crippen molar-refractivity contribution in [1.29, 1.82) is 5.26 Å². The molecule has 1 N–H and O–H groups in total. The van der Waals surface area contributed by atoms with E-state index in [1.54, 1.807) is 42.5 Å². The van der Waals surface area contributed by atoms with Gasteiger partial charge in [-0.15, -0.1) is 0 Å². The molecular weight excluding hydrogens is 278 g/mol. The van der Waals surface area contributed by atoms with Gasteiger partial charge in [0.25, 0.3) is 0 Å². The largest absolute Gasteiger partial charge is 0.481 e. The Bertz CT molecular complexity index is 692. The molecule has 0 aromatic heterocycles. The smallest absolute Gasteiger partial charge is 0.307 e. The van der Waals surface area contributed by atoms with Crippen LogP contribution in [0.1, 0.15) is 11.1 Å². The number of halogens is 1. The Morgan fingerprint density at radius 2 is 2.05 bits per heavy atom. The van der Waals surface area contributed by atoms with Crippen molar-refractivity contribution < 1.29 is 14.6 Å². The predicted octanol–water partition coefficient (Wildman–Crippen LogP) is 3.63. The fourth-order valence-electron chi connectivity index (χ4n) is 1.72. The summed E-state index contributed by atoms with van der Waals surface area (Å²) in [6.07, 6.45) is -0.0855. The van der Waals surface area contributed by atoms with Gasteiger partial charge in [0.1, 0.15) is 23.1 Å². The number of carbonyl (C=O) groups is 1. The van der Waals surface area contributed by atoms with E-state index in [4.69, 9.17) is 26.7 Å². The van der Waals surface area contributed by atoms with E-state index >= 15 is 0 Å². The van der Waals surface area contributed by atoms with Crippen LogP contribution >= 0.6 is 11.6 Å². The van der Waals surface area contributed by atoms with Crippen LogP contribution in [0.5, 0.6) is 11.5 Å². The van der Waals surface area contributed by atoms with Crippen molar-refractivity contribution in [3.05, 3.63) is 58.6 Å². The number of benzene rings is 2. The fourth-order valence-corrected chi connectivity index (χ4v) is 1.93. The lowest BCUT2D eigenvalue weighted by atomic mass is 10.1. The zero-order valence-electron chi connectivity index (χ0n) is 10.3. The van der Waals surface area contributed by atoms with Crippen LogP contribution in [0.2, 0.25) is 5.02 Å². The summed E-state index contributed by atoms with van der Waals surface area (Å²) in [5, 5.41) is 18.1. The van der Waals surface area contributed by atoms with Crippen LogP contribution in [0, 0.1) is 11.3 Å². The van der Waals surface area contributed by atoms with Crippen molar-refractivity contribution in [3.63, 3.8) is 0 Å². The molecule has 0 aliphatic carbocycles. The molecule has 0 aliphatic heterocycles. The minimum Gasteiger partial charge on any atom is -0.481 e. The molecule has 0 heterocycles. The van der Waals surface area contributed by atoms with Crippen LogP contribution < -0.4 is 4.74 Å².